The second kappa shape index (κ2) is 6.81. The zero-order chi connectivity index (χ0) is 14.5. The molecule has 0 radical (unpaired) electrons. The molecule has 0 saturated heterocycles. The van der Waals surface area contributed by atoms with Gasteiger partial charge in [0.05, 0.1) is 17.3 Å². The van der Waals surface area contributed by atoms with Crippen LogP contribution in [0.15, 0.2) is 41.1 Å². The molecule has 1 N–H and O–H groups in total. The molecule has 1 aromatic carbocycles. The summed E-state index contributed by atoms with van der Waals surface area (Å²) in [5, 5.41) is 10.4. The van der Waals surface area contributed by atoms with Crippen LogP contribution in [0.2, 0.25) is 0 Å². The van der Waals surface area contributed by atoms with Crippen LogP contribution in [0.1, 0.15) is 30.6 Å². The number of nitrogens with zero attached hydrogens (tertiary/aromatic N) is 1. The molecular weight excluding hydrogens is 325 g/mol. The van der Waals surface area contributed by atoms with Gasteiger partial charge in [0.2, 0.25) is 0 Å². The number of aliphatic hydroxyl groups is 1. The van der Waals surface area contributed by atoms with Crippen molar-refractivity contribution in [1.82, 2.24) is 4.98 Å². The highest BCUT2D eigenvalue weighted by molar-refractivity contribution is 9.10. The number of aromatic nitrogens is 1. The first-order valence-corrected chi connectivity index (χ1v) is 7.12. The molecule has 0 aliphatic heterocycles. The van der Waals surface area contributed by atoms with Gasteiger partial charge in [-0.15, -0.1) is 0 Å². The summed E-state index contributed by atoms with van der Waals surface area (Å²) in [6.07, 6.45) is 3.06. The largest absolute Gasteiger partial charge is 0.492 e. The molecule has 0 aliphatic carbocycles. The minimum absolute atomic E-state index is 0.257. The van der Waals surface area contributed by atoms with E-state index in [0.29, 0.717) is 23.5 Å². The molecule has 106 valence electrons. The number of hydrogen-bond acceptors (Lipinski definition) is 3. The van der Waals surface area contributed by atoms with Crippen LogP contribution < -0.4 is 4.74 Å². The molecule has 0 aliphatic rings. The first kappa shape index (κ1) is 14.9. The normalized spacial score (nSPS) is 12.2. The second-order valence-corrected chi connectivity index (χ2v) is 5.14. The maximum absolute atomic E-state index is 13.5. The van der Waals surface area contributed by atoms with Crippen molar-refractivity contribution in [2.45, 2.75) is 19.4 Å². The predicted octanol–water partition coefficient (Wildman–Crippen LogP) is 3.85. The average molecular weight is 340 g/mol. The van der Waals surface area contributed by atoms with Crippen LogP contribution in [-0.2, 0) is 0 Å². The van der Waals surface area contributed by atoms with Crippen molar-refractivity contribution >= 4 is 15.9 Å². The average Bonchev–Trinajstić information content (AvgIpc) is 2.47. The van der Waals surface area contributed by atoms with E-state index in [-0.39, 0.29) is 4.47 Å². The molecule has 3 nitrogen and oxygen atoms in total. The molecule has 1 unspecified atom stereocenters. The van der Waals surface area contributed by atoms with Crippen molar-refractivity contribution in [3.05, 3.63) is 58.1 Å². The summed E-state index contributed by atoms with van der Waals surface area (Å²) >= 11 is 3.15. The van der Waals surface area contributed by atoms with E-state index in [1.807, 2.05) is 6.92 Å². The van der Waals surface area contributed by atoms with E-state index in [2.05, 4.69) is 20.9 Å². The Morgan fingerprint density at radius 1 is 1.40 bits per heavy atom. The van der Waals surface area contributed by atoms with E-state index in [4.69, 9.17) is 4.74 Å². The van der Waals surface area contributed by atoms with E-state index in [1.54, 1.807) is 30.6 Å². The standard InChI is InChI=1S/C15H15BrFNO2/c1-2-6-20-11-7-10(8-18-9-11)15(19)12-4-3-5-13(17)14(12)16/h3-5,7-9,15,19H,2,6H2,1H3. The summed E-state index contributed by atoms with van der Waals surface area (Å²) in [6, 6.07) is 6.27. The third-order valence-electron chi connectivity index (χ3n) is 2.80. The number of halogens is 2. The van der Waals surface area contributed by atoms with Crippen molar-refractivity contribution in [3.8, 4) is 5.75 Å². The van der Waals surface area contributed by atoms with Crippen molar-refractivity contribution in [2.24, 2.45) is 0 Å². The second-order valence-electron chi connectivity index (χ2n) is 4.35. The molecule has 0 fully saturated rings. The summed E-state index contributed by atoms with van der Waals surface area (Å²) in [7, 11) is 0. The molecule has 20 heavy (non-hydrogen) atoms. The third kappa shape index (κ3) is 3.35. The van der Waals surface area contributed by atoms with Crippen molar-refractivity contribution < 1.29 is 14.2 Å². The van der Waals surface area contributed by atoms with Gasteiger partial charge < -0.3 is 9.84 Å². The number of ether oxygens (including phenoxy) is 1. The van der Waals surface area contributed by atoms with Crippen molar-refractivity contribution in [3.63, 3.8) is 0 Å². The van der Waals surface area contributed by atoms with Crippen molar-refractivity contribution in [2.75, 3.05) is 6.61 Å². The Kier molecular flexibility index (Phi) is 5.09. The lowest BCUT2D eigenvalue weighted by Crippen LogP contribution is -2.03. The molecule has 1 heterocycles. The summed E-state index contributed by atoms with van der Waals surface area (Å²) in [4.78, 5) is 4.04. The molecule has 2 rings (SSSR count). The quantitative estimate of drug-likeness (QED) is 0.899. The Balaban J connectivity index is 2.28. The zero-order valence-corrected chi connectivity index (χ0v) is 12.6. The molecular formula is C15H15BrFNO2. The number of hydrogen-bond donors (Lipinski definition) is 1. The fourth-order valence-corrected chi connectivity index (χ4v) is 2.28. The van der Waals surface area contributed by atoms with Crippen LogP contribution in [-0.4, -0.2) is 16.7 Å². The molecule has 2 aromatic rings. The summed E-state index contributed by atoms with van der Waals surface area (Å²) in [5.41, 5.74) is 1.02. The van der Waals surface area contributed by atoms with Crippen LogP contribution in [0.4, 0.5) is 4.39 Å². The molecule has 1 aromatic heterocycles. The van der Waals surface area contributed by atoms with Crippen LogP contribution >= 0.6 is 15.9 Å². The highest BCUT2D eigenvalue weighted by atomic mass is 79.9. The van der Waals surface area contributed by atoms with E-state index in [9.17, 15) is 9.50 Å². The minimum Gasteiger partial charge on any atom is -0.492 e. The van der Waals surface area contributed by atoms with E-state index in [0.717, 1.165) is 6.42 Å². The zero-order valence-electron chi connectivity index (χ0n) is 11.0. The van der Waals surface area contributed by atoms with Gasteiger partial charge in [-0.3, -0.25) is 4.98 Å². The van der Waals surface area contributed by atoms with Crippen LogP contribution in [0.3, 0.4) is 0 Å². The molecule has 0 spiro atoms. The topological polar surface area (TPSA) is 42.4 Å². The summed E-state index contributed by atoms with van der Waals surface area (Å²) < 4.78 is 19.2. The lowest BCUT2D eigenvalue weighted by molar-refractivity contribution is 0.217. The Morgan fingerprint density at radius 2 is 2.20 bits per heavy atom. The monoisotopic (exact) mass is 339 g/mol. The number of aliphatic hydroxyl groups excluding tert-OH is 1. The molecule has 5 heteroatoms. The van der Waals surface area contributed by atoms with Crippen LogP contribution in [0.5, 0.6) is 5.75 Å². The van der Waals surface area contributed by atoms with Gasteiger partial charge >= 0.3 is 0 Å². The number of pyridine rings is 1. The lowest BCUT2D eigenvalue weighted by atomic mass is 10.0. The Hall–Kier alpha value is -1.46. The van der Waals surface area contributed by atoms with E-state index < -0.39 is 11.9 Å². The molecule has 0 saturated carbocycles. The van der Waals surface area contributed by atoms with Crippen LogP contribution in [0.25, 0.3) is 0 Å². The van der Waals surface area contributed by atoms with Gasteiger partial charge in [-0.1, -0.05) is 19.1 Å². The first-order chi connectivity index (χ1) is 9.63. The van der Waals surface area contributed by atoms with Gasteiger partial charge in [0.1, 0.15) is 17.7 Å². The van der Waals surface area contributed by atoms with Gasteiger partial charge in [0, 0.05) is 17.3 Å². The van der Waals surface area contributed by atoms with Gasteiger partial charge in [-0.25, -0.2) is 4.39 Å². The van der Waals surface area contributed by atoms with Crippen molar-refractivity contribution in [1.29, 1.82) is 0 Å². The maximum atomic E-state index is 13.5. The SMILES string of the molecule is CCCOc1cncc(C(O)c2cccc(F)c2Br)c1. The van der Waals surface area contributed by atoms with Gasteiger partial charge in [-0.2, -0.15) is 0 Å². The van der Waals surface area contributed by atoms with E-state index in [1.165, 1.54) is 6.07 Å². The Bertz CT molecular complexity index is 592. The fourth-order valence-electron chi connectivity index (χ4n) is 1.80. The summed E-state index contributed by atoms with van der Waals surface area (Å²) in [6.45, 7) is 2.60. The summed E-state index contributed by atoms with van der Waals surface area (Å²) in [5.74, 6) is 0.184. The molecule has 1 atom stereocenters. The fraction of sp³-hybridized carbons (Fsp3) is 0.267. The van der Waals surface area contributed by atoms with Gasteiger partial charge in [-0.05, 0) is 34.5 Å². The Morgan fingerprint density at radius 3 is 2.95 bits per heavy atom. The van der Waals surface area contributed by atoms with Crippen LogP contribution in [0, 0.1) is 5.82 Å². The smallest absolute Gasteiger partial charge is 0.137 e. The van der Waals surface area contributed by atoms with Gasteiger partial charge in [0.15, 0.2) is 0 Å². The van der Waals surface area contributed by atoms with E-state index >= 15 is 0 Å². The minimum atomic E-state index is -0.960. The highest BCUT2D eigenvalue weighted by Gasteiger charge is 2.16. The number of rotatable bonds is 5. The lowest BCUT2D eigenvalue weighted by Gasteiger charge is -2.14. The van der Waals surface area contributed by atoms with Gasteiger partial charge in [0.25, 0.3) is 0 Å². The highest BCUT2D eigenvalue weighted by Crippen LogP contribution is 2.31. The first-order valence-electron chi connectivity index (χ1n) is 6.33. The molecule has 0 bridgehead atoms. The predicted molar refractivity (Wildman–Crippen MR) is 78.2 cm³/mol. The Labute approximate surface area is 125 Å². The third-order valence-corrected chi connectivity index (χ3v) is 3.64. The number of benzene rings is 1. The maximum Gasteiger partial charge on any atom is 0.137 e. The molecule has 0 amide bonds.